The van der Waals surface area contributed by atoms with Crippen molar-refractivity contribution in [1.29, 1.82) is 0 Å². The number of hydrogen-bond donors (Lipinski definition) is 7. The van der Waals surface area contributed by atoms with Crippen LogP contribution in [0.2, 0.25) is 5.02 Å². The molecule has 18 heteroatoms. The molecule has 2 atom stereocenters. The number of nitrogens with zero attached hydrogens (tertiary/aromatic N) is 2. The molecule has 0 saturated carbocycles. The summed E-state index contributed by atoms with van der Waals surface area (Å²) in [5.41, 5.74) is 0.220. The van der Waals surface area contributed by atoms with Crippen LogP contribution >= 0.6 is 11.6 Å². The predicted octanol–water partition coefficient (Wildman–Crippen LogP) is 1.28. The largest absolute Gasteiger partial charge is 0.547 e. The Kier molecular flexibility index (Phi) is 9.95. The number of carboxylic acids is 1. The van der Waals surface area contributed by atoms with E-state index in [4.69, 9.17) is 16.3 Å². The predicted molar refractivity (Wildman–Crippen MR) is 172 cm³/mol. The van der Waals surface area contributed by atoms with Crippen LogP contribution in [0.15, 0.2) is 54.6 Å². The summed E-state index contributed by atoms with van der Waals surface area (Å²) in [4.78, 5) is 79.0. The fraction of sp³-hybridized carbons (Fsp3) is 0.226. The zero-order chi connectivity index (χ0) is 35.6. The van der Waals surface area contributed by atoms with E-state index in [1.165, 1.54) is 47.4 Å². The number of rotatable bonds is 8. The third-order valence-corrected chi connectivity index (χ3v) is 8.34. The molecule has 1 unspecified atom stereocenters. The number of likely N-dealkylation sites (N-methyl/N-ethyl adjacent to an activating group) is 1. The molecule has 2 aliphatic rings. The number of benzene rings is 3. The molecule has 3 aromatic carbocycles. The molecule has 16 nitrogen and oxygen atoms in total. The number of aromatic hydroxyl groups is 2. The summed E-state index contributed by atoms with van der Waals surface area (Å²) in [5.74, 6) is -7.36. The summed E-state index contributed by atoms with van der Waals surface area (Å²) in [6.07, 6.45) is -0.0493. The lowest BCUT2D eigenvalue weighted by Gasteiger charge is -2.33. The molecule has 0 bridgehead atoms. The minimum absolute atomic E-state index is 0.0493. The van der Waals surface area contributed by atoms with Crippen molar-refractivity contribution in [3.8, 4) is 17.2 Å². The molecule has 0 aliphatic carbocycles. The molecule has 2 heterocycles. The van der Waals surface area contributed by atoms with Gasteiger partial charge in [-0.15, -0.1) is 0 Å². The molecule has 254 valence electrons. The Morgan fingerprint density at radius 3 is 2.47 bits per heavy atom. The highest BCUT2D eigenvalue weighted by Gasteiger charge is 2.41. The number of para-hydroxylation sites is 1. The lowest BCUT2D eigenvalue weighted by molar-refractivity contribution is -0.153. The van der Waals surface area contributed by atoms with Crippen molar-refractivity contribution in [3.63, 3.8) is 0 Å². The first kappa shape index (κ1) is 34.5. The van der Waals surface area contributed by atoms with Crippen molar-refractivity contribution < 1.29 is 53.8 Å². The number of aromatic carboxylic acids is 1. The lowest BCUT2D eigenvalue weighted by Crippen LogP contribution is -2.60. The van der Waals surface area contributed by atoms with E-state index in [9.17, 15) is 49.1 Å². The van der Waals surface area contributed by atoms with Crippen LogP contribution in [-0.4, -0.2) is 98.5 Å². The second-order valence-corrected chi connectivity index (χ2v) is 11.4. The number of halogens is 1. The fourth-order valence-corrected chi connectivity index (χ4v) is 5.62. The summed E-state index contributed by atoms with van der Waals surface area (Å²) in [5, 5.41) is 47.0. The van der Waals surface area contributed by atoms with Gasteiger partial charge < -0.3 is 45.8 Å². The number of hydrogen-bond acceptors (Lipinski definition) is 10. The second kappa shape index (κ2) is 14.1. The zero-order valence-electron chi connectivity index (χ0n) is 25.7. The number of anilines is 1. The minimum Gasteiger partial charge on any atom is -0.534 e. The molecule has 0 aromatic heterocycles. The van der Waals surface area contributed by atoms with Gasteiger partial charge >= 0.3 is 30.9 Å². The van der Waals surface area contributed by atoms with E-state index >= 15 is 0 Å². The summed E-state index contributed by atoms with van der Waals surface area (Å²) in [7, 11) is -1.69. The number of piperazine rings is 1. The number of imide groups is 1. The molecular weight excluding hydrogens is 665 g/mol. The zero-order valence-corrected chi connectivity index (χ0v) is 26.4. The topological polar surface area (TPSA) is 235 Å². The van der Waals surface area contributed by atoms with Gasteiger partial charge in [0, 0.05) is 25.3 Å². The number of fused-ring (bicyclic) bond motifs is 1. The second-order valence-electron chi connectivity index (χ2n) is 11.0. The highest BCUT2D eigenvalue weighted by atomic mass is 35.5. The van der Waals surface area contributed by atoms with E-state index in [1.807, 2.05) is 0 Å². The van der Waals surface area contributed by atoms with Gasteiger partial charge in [0.25, 0.3) is 5.91 Å². The first-order valence-corrected chi connectivity index (χ1v) is 15.2. The van der Waals surface area contributed by atoms with E-state index in [0.29, 0.717) is 10.5 Å². The Labute approximate surface area is 283 Å². The van der Waals surface area contributed by atoms with Gasteiger partial charge in [-0.2, -0.15) is 0 Å². The van der Waals surface area contributed by atoms with Gasteiger partial charge in [0.2, 0.25) is 5.91 Å². The van der Waals surface area contributed by atoms with E-state index < -0.39 is 71.3 Å². The molecule has 7 N–H and O–H groups in total. The number of nitrogens with one attached hydrogen (secondary N) is 3. The first-order valence-electron chi connectivity index (χ1n) is 14.8. The Morgan fingerprint density at radius 1 is 1.02 bits per heavy atom. The van der Waals surface area contributed by atoms with Gasteiger partial charge in [0.1, 0.15) is 11.8 Å². The quantitative estimate of drug-likeness (QED) is 0.101. The van der Waals surface area contributed by atoms with Gasteiger partial charge in [-0.05, 0) is 54.8 Å². The monoisotopic (exact) mass is 693 g/mol. The Balaban J connectivity index is 1.42. The number of carbonyl (C=O) groups excluding carboxylic acids is 5. The van der Waals surface area contributed by atoms with Crippen molar-refractivity contribution in [2.24, 2.45) is 0 Å². The number of urea groups is 1. The molecule has 3 aromatic rings. The van der Waals surface area contributed by atoms with Crippen LogP contribution in [0.3, 0.4) is 0 Å². The van der Waals surface area contributed by atoms with Crippen LogP contribution in [0.25, 0.3) is 0 Å². The minimum atomic E-state index is -1.69. The van der Waals surface area contributed by atoms with Crippen molar-refractivity contribution in [3.05, 3.63) is 81.9 Å². The molecule has 1 saturated heterocycles. The van der Waals surface area contributed by atoms with Crippen LogP contribution in [0, 0.1) is 0 Å². The molecule has 5 rings (SSSR count). The summed E-state index contributed by atoms with van der Waals surface area (Å²) in [6, 6.07) is 9.63. The maximum Gasteiger partial charge on any atom is 0.547 e. The molecule has 6 amide bonds. The third-order valence-electron chi connectivity index (χ3n) is 7.96. The van der Waals surface area contributed by atoms with Crippen LogP contribution in [0.1, 0.15) is 44.8 Å². The van der Waals surface area contributed by atoms with Gasteiger partial charge in [-0.3, -0.25) is 24.1 Å². The highest BCUT2D eigenvalue weighted by Crippen LogP contribution is 2.36. The fourth-order valence-electron chi connectivity index (χ4n) is 5.38. The van der Waals surface area contributed by atoms with E-state index in [0.717, 1.165) is 6.07 Å². The molecule has 1 fully saturated rings. The number of amides is 6. The van der Waals surface area contributed by atoms with Crippen molar-refractivity contribution >= 4 is 60.0 Å². The standard InChI is InChI=1S/C31H29BClN5O11/c1-2-37-11-12-38(29(44)28(37)43)31(47)36-23(27(42)35-21-14-16-6-4-8-19(30(45)46)25(16)49-32(21)48)15-5-3-7-17(13-15)34-26(41)18-9-10-20(39)24(40)22(18)33/h3-10,13,21,23,39-40,48H,2,11-12,14H2,1H3,(H,34,41)(H,35,42)(H,36,47)(H,45,46)/t21-,23?/m0/s1. The molecular formula is C31H29BClN5O11. The molecule has 49 heavy (non-hydrogen) atoms. The molecule has 2 aliphatic heterocycles. The van der Waals surface area contributed by atoms with Crippen molar-refractivity contribution in [2.45, 2.75) is 25.3 Å². The van der Waals surface area contributed by atoms with Gasteiger partial charge in [0.05, 0.1) is 22.1 Å². The average Bonchev–Trinajstić information content (AvgIpc) is 3.07. The summed E-state index contributed by atoms with van der Waals surface area (Å²) >= 11 is 6.02. The first-order chi connectivity index (χ1) is 23.3. The van der Waals surface area contributed by atoms with Crippen LogP contribution < -0.4 is 20.6 Å². The molecule has 0 radical (unpaired) electrons. The third kappa shape index (κ3) is 7.07. The maximum absolute atomic E-state index is 13.9. The van der Waals surface area contributed by atoms with Crippen molar-refractivity contribution in [1.82, 2.24) is 20.4 Å². The number of carboxylic acid groups (broad SMARTS) is 1. The van der Waals surface area contributed by atoms with Crippen LogP contribution in [-0.2, 0) is 20.8 Å². The molecule has 0 spiro atoms. The number of carbonyl (C=O) groups is 6. The van der Waals surface area contributed by atoms with Crippen LogP contribution in [0.4, 0.5) is 10.5 Å². The normalized spacial score (nSPS) is 16.3. The smallest absolute Gasteiger partial charge is 0.534 e. The van der Waals surface area contributed by atoms with E-state index in [-0.39, 0.29) is 54.2 Å². The summed E-state index contributed by atoms with van der Waals surface area (Å²) < 4.78 is 5.46. The Morgan fingerprint density at radius 2 is 1.76 bits per heavy atom. The Hall–Kier alpha value is -5.81. The Bertz CT molecular complexity index is 1880. The van der Waals surface area contributed by atoms with Crippen molar-refractivity contribution in [2.75, 3.05) is 25.0 Å². The lowest BCUT2D eigenvalue weighted by atomic mass is 9.72. The maximum atomic E-state index is 13.9. The van der Waals surface area contributed by atoms with Gasteiger partial charge in [-0.25, -0.2) is 9.59 Å². The van der Waals surface area contributed by atoms with Crippen LogP contribution in [0.5, 0.6) is 17.2 Å². The van der Waals surface area contributed by atoms with E-state index in [1.54, 1.807) is 13.0 Å². The highest BCUT2D eigenvalue weighted by molar-refractivity contribution is 6.47. The summed E-state index contributed by atoms with van der Waals surface area (Å²) in [6.45, 7) is 1.86. The van der Waals surface area contributed by atoms with Gasteiger partial charge in [-0.1, -0.05) is 35.9 Å². The number of phenolic OH excluding ortho intramolecular Hbond substituents is 2. The van der Waals surface area contributed by atoms with E-state index in [2.05, 4.69) is 16.0 Å². The number of phenols is 2. The SMILES string of the molecule is CCN1CCN(C(=O)NC(C(=O)N[C@H]2Cc3cccc(C(=O)O)c3OB2O)c2cccc(NC(=O)c3ccc(O)c(O)c3Cl)c2)C(=O)C1=O. The average molecular weight is 694 g/mol. The van der Waals surface area contributed by atoms with Gasteiger partial charge in [0.15, 0.2) is 11.5 Å².